The molecule has 0 aromatic heterocycles. The maximum absolute atomic E-state index is 5.56. The van der Waals surface area contributed by atoms with E-state index in [-0.39, 0.29) is 4.87 Å². The van der Waals surface area contributed by atoms with Gasteiger partial charge in [0.25, 0.3) is 0 Å². The highest BCUT2D eigenvalue weighted by molar-refractivity contribution is 8.01. The highest BCUT2D eigenvalue weighted by atomic mass is 32.2. The normalized spacial score (nSPS) is 23.5. The maximum atomic E-state index is 5.56. The quantitative estimate of drug-likeness (QED) is 0.856. The van der Waals surface area contributed by atoms with Crippen molar-refractivity contribution in [3.63, 3.8) is 0 Å². The molecule has 0 unspecified atom stereocenters. The Hall–Kier alpha value is -1.29. The summed E-state index contributed by atoms with van der Waals surface area (Å²) < 4.78 is 5.56. The number of ether oxygens (including phenoxy) is 1. The van der Waals surface area contributed by atoms with Crippen LogP contribution >= 0.6 is 11.8 Å². The van der Waals surface area contributed by atoms with Crippen LogP contribution in [0.25, 0.3) is 0 Å². The largest absolute Gasteiger partial charge is 0.376 e. The van der Waals surface area contributed by atoms with Crippen molar-refractivity contribution in [3.8, 4) is 0 Å². The van der Waals surface area contributed by atoms with Gasteiger partial charge in [-0.1, -0.05) is 60.7 Å². The lowest BCUT2D eigenvalue weighted by atomic mass is 10.0. The Morgan fingerprint density at radius 1 is 0.955 bits per heavy atom. The van der Waals surface area contributed by atoms with Crippen molar-refractivity contribution in [3.05, 3.63) is 71.8 Å². The topological polar surface area (TPSA) is 12.5 Å². The Morgan fingerprint density at radius 2 is 1.59 bits per heavy atom. The Balaban J connectivity index is 1.55. The van der Waals surface area contributed by atoms with Gasteiger partial charge in [0.1, 0.15) is 4.87 Å². The molecule has 1 spiro atoms. The van der Waals surface area contributed by atoms with Gasteiger partial charge in [0.2, 0.25) is 0 Å². The van der Waals surface area contributed by atoms with E-state index in [9.17, 15) is 0 Å². The Labute approximate surface area is 136 Å². The van der Waals surface area contributed by atoms with Gasteiger partial charge < -0.3 is 4.74 Å². The molecule has 0 N–H and O–H groups in total. The lowest BCUT2D eigenvalue weighted by molar-refractivity contribution is -0.0941. The van der Waals surface area contributed by atoms with Crippen LogP contribution in [0.5, 0.6) is 0 Å². The molecule has 2 aliphatic rings. The predicted molar refractivity (Wildman–Crippen MR) is 91.9 cm³/mol. The zero-order valence-electron chi connectivity index (χ0n) is 12.7. The third-order valence-electron chi connectivity index (χ3n) is 4.67. The summed E-state index contributed by atoms with van der Waals surface area (Å²) in [6, 6.07) is 22.3. The summed E-state index contributed by atoms with van der Waals surface area (Å²) in [4.78, 5) is 2.90. The van der Waals surface area contributed by atoms with E-state index in [1.807, 2.05) is 0 Å². The monoisotopic (exact) mass is 311 g/mol. The molecule has 0 radical (unpaired) electrons. The zero-order valence-corrected chi connectivity index (χ0v) is 13.5. The van der Waals surface area contributed by atoms with Crippen molar-refractivity contribution in [1.82, 2.24) is 4.90 Å². The van der Waals surface area contributed by atoms with E-state index in [0.29, 0.717) is 6.04 Å². The number of nitrogens with zero attached hydrogens (tertiary/aromatic N) is 1. The van der Waals surface area contributed by atoms with Crippen molar-refractivity contribution < 1.29 is 4.74 Å². The second-order valence-electron chi connectivity index (χ2n) is 6.21. The van der Waals surface area contributed by atoms with E-state index >= 15 is 0 Å². The zero-order chi connectivity index (χ0) is 14.8. The van der Waals surface area contributed by atoms with Gasteiger partial charge in [0.15, 0.2) is 0 Å². The van der Waals surface area contributed by atoms with Gasteiger partial charge in [-0.2, -0.15) is 0 Å². The Kier molecular flexibility index (Phi) is 3.95. The van der Waals surface area contributed by atoms with Gasteiger partial charge in [-0.05, 0) is 17.5 Å². The number of thioether (sulfide) groups is 1. The van der Waals surface area contributed by atoms with Gasteiger partial charge in [-0.15, -0.1) is 11.8 Å². The van der Waals surface area contributed by atoms with Crippen molar-refractivity contribution in [2.45, 2.75) is 23.9 Å². The first-order valence-electron chi connectivity index (χ1n) is 7.92. The average molecular weight is 311 g/mol. The van der Waals surface area contributed by atoms with Gasteiger partial charge in [-0.25, -0.2) is 0 Å². The third-order valence-corrected chi connectivity index (χ3v) is 6.23. The highest BCUT2D eigenvalue weighted by Crippen LogP contribution is 2.46. The summed E-state index contributed by atoms with van der Waals surface area (Å²) in [5.74, 6) is 1.20. The smallest absolute Gasteiger partial charge is 0.115 e. The minimum absolute atomic E-state index is 0.218. The van der Waals surface area contributed by atoms with E-state index < -0.39 is 0 Å². The number of hydrogen-bond acceptors (Lipinski definition) is 3. The first-order chi connectivity index (χ1) is 10.9. The molecule has 2 aliphatic heterocycles. The molecule has 0 amide bonds. The summed E-state index contributed by atoms with van der Waals surface area (Å²) in [5.41, 5.74) is 2.83. The van der Waals surface area contributed by atoms with Crippen LogP contribution in [-0.4, -0.2) is 34.8 Å². The molecule has 2 aromatic rings. The fourth-order valence-corrected chi connectivity index (χ4v) is 4.90. The SMILES string of the molecule is c1ccc(C[C@H]2CSC3(COC3)N2Cc2ccccc2)cc1. The molecule has 114 valence electrons. The lowest BCUT2D eigenvalue weighted by Crippen LogP contribution is -2.58. The van der Waals surface area contributed by atoms with Gasteiger partial charge in [0, 0.05) is 18.3 Å². The standard InChI is InChI=1S/C19H21NOS/c1-3-7-16(8-4-1)11-18-13-22-19(14-21-15-19)20(18)12-17-9-5-2-6-10-17/h1-10,18H,11-15H2/t18-/m0/s1. The fourth-order valence-electron chi connectivity index (χ4n) is 3.39. The molecule has 4 rings (SSSR count). The van der Waals surface area contributed by atoms with Crippen molar-refractivity contribution in [2.24, 2.45) is 0 Å². The molecule has 1 atom stereocenters. The second kappa shape index (κ2) is 6.07. The molecule has 2 nitrogen and oxygen atoms in total. The number of rotatable bonds is 4. The van der Waals surface area contributed by atoms with Crippen LogP contribution in [0.4, 0.5) is 0 Å². The van der Waals surface area contributed by atoms with Crippen LogP contribution in [0.15, 0.2) is 60.7 Å². The van der Waals surface area contributed by atoms with Crippen LogP contribution in [0.3, 0.4) is 0 Å². The molecule has 2 fully saturated rings. The van der Waals surface area contributed by atoms with Crippen LogP contribution < -0.4 is 0 Å². The van der Waals surface area contributed by atoms with E-state index in [1.165, 1.54) is 16.9 Å². The Bertz CT molecular complexity index is 612. The van der Waals surface area contributed by atoms with Crippen molar-refractivity contribution >= 4 is 11.8 Å². The van der Waals surface area contributed by atoms with Crippen LogP contribution in [-0.2, 0) is 17.7 Å². The lowest BCUT2D eigenvalue weighted by Gasteiger charge is -2.46. The van der Waals surface area contributed by atoms with Crippen molar-refractivity contribution in [2.75, 3.05) is 19.0 Å². The van der Waals surface area contributed by atoms with Gasteiger partial charge >= 0.3 is 0 Å². The van der Waals surface area contributed by atoms with E-state index in [2.05, 4.69) is 77.3 Å². The summed E-state index contributed by atoms with van der Waals surface area (Å²) in [6.45, 7) is 2.76. The van der Waals surface area contributed by atoms with E-state index in [4.69, 9.17) is 4.74 Å². The minimum atomic E-state index is 0.218. The molecule has 0 bridgehead atoms. The van der Waals surface area contributed by atoms with E-state index in [1.54, 1.807) is 0 Å². The Morgan fingerprint density at radius 3 is 2.18 bits per heavy atom. The molecule has 2 aromatic carbocycles. The fraction of sp³-hybridized carbons (Fsp3) is 0.368. The van der Waals surface area contributed by atoms with Crippen LogP contribution in [0.2, 0.25) is 0 Å². The van der Waals surface area contributed by atoms with Gasteiger partial charge in [-0.3, -0.25) is 4.90 Å². The molecule has 22 heavy (non-hydrogen) atoms. The molecular formula is C19H21NOS. The summed E-state index contributed by atoms with van der Waals surface area (Å²) in [7, 11) is 0. The average Bonchev–Trinajstić information content (AvgIpc) is 2.88. The molecule has 0 aliphatic carbocycles. The first kappa shape index (κ1) is 14.3. The summed E-state index contributed by atoms with van der Waals surface area (Å²) in [6.07, 6.45) is 1.13. The summed E-state index contributed by atoms with van der Waals surface area (Å²) >= 11 is 2.09. The molecular weight excluding hydrogens is 290 g/mol. The van der Waals surface area contributed by atoms with E-state index in [0.717, 1.165) is 26.2 Å². The third kappa shape index (κ3) is 2.69. The second-order valence-corrected chi connectivity index (χ2v) is 7.59. The molecule has 2 heterocycles. The molecule has 0 saturated carbocycles. The molecule has 3 heteroatoms. The highest BCUT2D eigenvalue weighted by Gasteiger charge is 2.52. The summed E-state index contributed by atoms with van der Waals surface area (Å²) in [5, 5.41) is 0. The molecule has 2 saturated heterocycles. The first-order valence-corrected chi connectivity index (χ1v) is 8.91. The minimum Gasteiger partial charge on any atom is -0.376 e. The van der Waals surface area contributed by atoms with Gasteiger partial charge in [0.05, 0.1) is 13.2 Å². The van der Waals surface area contributed by atoms with Crippen molar-refractivity contribution in [1.29, 1.82) is 0 Å². The predicted octanol–water partition coefficient (Wildman–Crippen LogP) is 3.57. The van der Waals surface area contributed by atoms with Crippen LogP contribution in [0, 0.1) is 0 Å². The maximum Gasteiger partial charge on any atom is 0.115 e. The van der Waals surface area contributed by atoms with Crippen LogP contribution in [0.1, 0.15) is 11.1 Å². The number of hydrogen-bond donors (Lipinski definition) is 0. The number of benzene rings is 2.